The van der Waals surface area contributed by atoms with Crippen LogP contribution in [0.15, 0.2) is 84.9 Å². The molecule has 0 aliphatic carbocycles. The summed E-state index contributed by atoms with van der Waals surface area (Å²) in [5, 5.41) is 14.0. The molecular formula is C37H48NO6Si. The van der Waals surface area contributed by atoms with Gasteiger partial charge in [-0.1, -0.05) is 107 Å². The molecule has 0 saturated heterocycles. The van der Waals surface area contributed by atoms with Crippen molar-refractivity contribution in [3.63, 3.8) is 0 Å². The average Bonchev–Trinajstić information content (AvgIpc) is 2.94. The van der Waals surface area contributed by atoms with Crippen LogP contribution in [0.1, 0.15) is 72.1 Å². The fraction of sp³-hybridized carbons (Fsp3) is 0.459. The molecule has 3 aromatic rings. The minimum absolute atomic E-state index is 0.0644. The molecule has 1 amide bonds. The van der Waals surface area contributed by atoms with Crippen LogP contribution >= 0.6 is 0 Å². The molecule has 3 radical (unpaired) electrons. The Morgan fingerprint density at radius 3 is 1.78 bits per heavy atom. The predicted molar refractivity (Wildman–Crippen MR) is 178 cm³/mol. The van der Waals surface area contributed by atoms with E-state index in [2.05, 4.69) is 36.6 Å². The Balaban J connectivity index is 2.01. The third kappa shape index (κ3) is 9.44. The highest BCUT2D eigenvalue weighted by atomic mass is 28.2. The van der Waals surface area contributed by atoms with Crippen LogP contribution in [-0.2, 0) is 33.4 Å². The van der Waals surface area contributed by atoms with E-state index in [1.165, 1.54) is 0 Å². The Morgan fingerprint density at radius 1 is 0.778 bits per heavy atom. The summed E-state index contributed by atoms with van der Waals surface area (Å²) in [6.45, 7) is 15.9. The first-order chi connectivity index (χ1) is 21.0. The first kappa shape index (κ1) is 35.9. The van der Waals surface area contributed by atoms with Gasteiger partial charge in [0.1, 0.15) is 18.0 Å². The zero-order valence-electron chi connectivity index (χ0n) is 27.8. The van der Waals surface area contributed by atoms with E-state index in [-0.39, 0.29) is 6.42 Å². The quantitative estimate of drug-likeness (QED) is 0.189. The summed E-state index contributed by atoms with van der Waals surface area (Å²) in [6, 6.07) is 26.7. The lowest BCUT2D eigenvalue weighted by Crippen LogP contribution is -2.64. The minimum Gasteiger partial charge on any atom is -0.489 e. The Bertz CT molecular complexity index is 1380. The summed E-state index contributed by atoms with van der Waals surface area (Å²) in [4.78, 5) is 26.6. The molecule has 0 aromatic heterocycles. The van der Waals surface area contributed by atoms with Gasteiger partial charge in [0.2, 0.25) is 10.5 Å². The van der Waals surface area contributed by atoms with Crippen molar-refractivity contribution in [3.8, 4) is 5.75 Å². The number of carbonyl (C=O) groups excluding carboxylic acids is 1. The van der Waals surface area contributed by atoms with Gasteiger partial charge in [0, 0.05) is 17.9 Å². The maximum atomic E-state index is 13.4. The Labute approximate surface area is 272 Å². The first-order valence-electron chi connectivity index (χ1n) is 15.4. The summed E-state index contributed by atoms with van der Waals surface area (Å²) in [7, 11) is 3.22. The zero-order chi connectivity index (χ0) is 33.5. The maximum absolute atomic E-state index is 13.4. The normalized spacial score (nSPS) is 15.0. The molecule has 241 valence electrons. The van der Waals surface area contributed by atoms with Gasteiger partial charge in [-0.2, -0.15) is 0 Å². The van der Waals surface area contributed by atoms with E-state index in [0.717, 1.165) is 16.7 Å². The molecule has 0 aliphatic heterocycles. The van der Waals surface area contributed by atoms with E-state index in [0.29, 0.717) is 18.8 Å². The van der Waals surface area contributed by atoms with Gasteiger partial charge in [-0.15, -0.1) is 0 Å². The third-order valence-electron chi connectivity index (χ3n) is 8.30. The zero-order valence-corrected chi connectivity index (χ0v) is 28.8. The number of benzene rings is 3. The molecule has 0 fully saturated rings. The number of carboxylic acid groups (broad SMARTS) is 1. The average molecular weight is 631 g/mol. The summed E-state index contributed by atoms with van der Waals surface area (Å²) in [6.07, 6.45) is -0.0228. The number of rotatable bonds is 13. The molecule has 3 atom stereocenters. The first-order valence-corrected chi connectivity index (χ1v) is 15.8. The summed E-state index contributed by atoms with van der Waals surface area (Å²) >= 11 is 0. The molecule has 3 rings (SSSR count). The van der Waals surface area contributed by atoms with Crippen molar-refractivity contribution < 1.29 is 28.6 Å². The number of alkyl carbamates (subject to hydrolysis) is 1. The van der Waals surface area contributed by atoms with Gasteiger partial charge in [-0.25, -0.2) is 9.59 Å². The number of hydrogen-bond donors (Lipinski definition) is 2. The van der Waals surface area contributed by atoms with Gasteiger partial charge in [-0.05, 0) is 67.3 Å². The largest absolute Gasteiger partial charge is 0.489 e. The maximum Gasteiger partial charge on any atom is 0.407 e. The molecule has 45 heavy (non-hydrogen) atoms. The Hall–Kier alpha value is -3.62. The van der Waals surface area contributed by atoms with Crippen molar-refractivity contribution in [1.29, 1.82) is 0 Å². The van der Waals surface area contributed by atoms with Crippen LogP contribution in [-0.4, -0.2) is 44.9 Å². The van der Waals surface area contributed by atoms with Gasteiger partial charge in [-0.3, -0.25) is 0 Å². The molecule has 0 spiro atoms. The molecule has 0 saturated carbocycles. The number of hydrogen-bond acceptors (Lipinski definition) is 5. The second-order valence-electron chi connectivity index (χ2n) is 14.3. The highest BCUT2D eigenvalue weighted by Crippen LogP contribution is 2.51. The second kappa shape index (κ2) is 14.6. The third-order valence-corrected chi connectivity index (χ3v) is 8.65. The number of aliphatic carboxylic acids is 1. The van der Waals surface area contributed by atoms with Crippen LogP contribution in [0.25, 0.3) is 0 Å². The topological polar surface area (TPSA) is 94.1 Å². The van der Waals surface area contributed by atoms with E-state index >= 15 is 0 Å². The SMILES string of the molecule is CC(C)(C)OC(=O)NC(Cc1ccccc1)C(C(C)(C)C)C(C)(C)C(Cc1ccc(OCc2ccccc2)cc1)(O[Si])C(=O)O. The number of carbonyl (C=O) groups is 2. The standard InChI is InChI=1S/C37H48NO6Si/c1-34(2,3)31(30(23-26-15-11-9-12-16-26)38-33(41)43-35(4,5)6)36(7,8)37(44-45,32(39)40)24-27-19-21-29(22-20-27)42-25-28-17-13-10-14-18-28/h9-22,30-31H,23-25H2,1-8H3,(H,38,41)(H,39,40). The predicted octanol–water partition coefficient (Wildman–Crippen LogP) is 7.56. The Morgan fingerprint density at radius 2 is 1.31 bits per heavy atom. The minimum atomic E-state index is -1.72. The molecule has 2 N–H and O–H groups in total. The van der Waals surface area contributed by atoms with Crippen molar-refractivity contribution in [2.75, 3.05) is 0 Å². The van der Waals surface area contributed by atoms with Crippen LogP contribution in [0.4, 0.5) is 4.79 Å². The van der Waals surface area contributed by atoms with E-state index in [9.17, 15) is 14.7 Å². The van der Waals surface area contributed by atoms with Gasteiger partial charge in [0.15, 0.2) is 5.60 Å². The molecular weight excluding hydrogens is 582 g/mol. The molecule has 7 nitrogen and oxygen atoms in total. The van der Waals surface area contributed by atoms with Crippen molar-refractivity contribution in [2.45, 2.75) is 92.1 Å². The summed E-state index contributed by atoms with van der Waals surface area (Å²) < 4.78 is 17.5. The van der Waals surface area contributed by atoms with Gasteiger partial charge < -0.3 is 24.3 Å². The van der Waals surface area contributed by atoms with E-state index in [1.54, 1.807) is 0 Å². The van der Waals surface area contributed by atoms with Crippen LogP contribution in [0.3, 0.4) is 0 Å². The van der Waals surface area contributed by atoms with E-state index in [1.807, 2.05) is 120 Å². The van der Waals surface area contributed by atoms with Crippen molar-refractivity contribution in [1.82, 2.24) is 5.32 Å². The molecule has 3 unspecified atom stereocenters. The number of amides is 1. The van der Waals surface area contributed by atoms with Gasteiger partial charge in [0.05, 0.1) is 0 Å². The fourth-order valence-electron chi connectivity index (χ4n) is 6.54. The lowest BCUT2D eigenvalue weighted by atomic mass is 9.54. The molecule has 8 heteroatoms. The number of ether oxygens (including phenoxy) is 2. The highest BCUT2D eigenvalue weighted by Gasteiger charge is 2.59. The van der Waals surface area contributed by atoms with Gasteiger partial charge in [0.25, 0.3) is 0 Å². The van der Waals surface area contributed by atoms with Crippen LogP contribution < -0.4 is 10.1 Å². The lowest BCUT2D eigenvalue weighted by molar-refractivity contribution is -0.178. The monoisotopic (exact) mass is 630 g/mol. The van der Waals surface area contributed by atoms with Crippen LogP contribution in [0.2, 0.25) is 0 Å². The smallest absolute Gasteiger partial charge is 0.407 e. The Kier molecular flexibility index (Phi) is 11.7. The number of nitrogens with one attached hydrogen (secondary N) is 1. The fourth-order valence-corrected chi connectivity index (χ4v) is 6.96. The van der Waals surface area contributed by atoms with Crippen molar-refractivity contribution >= 4 is 22.5 Å². The molecule has 0 aliphatic rings. The molecule has 3 aromatic carbocycles. The van der Waals surface area contributed by atoms with E-state index in [4.69, 9.17) is 13.9 Å². The molecule has 0 heterocycles. The number of carboxylic acids is 1. The van der Waals surface area contributed by atoms with E-state index < -0.39 is 46.1 Å². The van der Waals surface area contributed by atoms with Crippen molar-refractivity contribution in [2.24, 2.45) is 16.7 Å². The van der Waals surface area contributed by atoms with Gasteiger partial charge >= 0.3 is 12.1 Å². The highest BCUT2D eigenvalue weighted by molar-refractivity contribution is 6.00. The second-order valence-corrected chi connectivity index (χ2v) is 14.5. The van der Waals surface area contributed by atoms with Crippen LogP contribution in [0.5, 0.6) is 5.75 Å². The van der Waals surface area contributed by atoms with Crippen molar-refractivity contribution in [3.05, 3.63) is 102 Å². The lowest BCUT2D eigenvalue weighted by Gasteiger charge is -2.54. The van der Waals surface area contributed by atoms with Crippen LogP contribution in [0, 0.1) is 16.7 Å². The molecule has 0 bridgehead atoms. The summed E-state index contributed by atoms with van der Waals surface area (Å²) in [5.41, 5.74) is -1.11. The summed E-state index contributed by atoms with van der Waals surface area (Å²) in [5.74, 6) is -0.838.